The van der Waals surface area contributed by atoms with E-state index >= 15 is 0 Å². The molecule has 3 rings (SSSR count). The number of halogens is 1. The van der Waals surface area contributed by atoms with Crippen LogP contribution in [-0.2, 0) is 6.42 Å². The Kier molecular flexibility index (Phi) is 2.14. The summed E-state index contributed by atoms with van der Waals surface area (Å²) in [6.45, 7) is 3.00. The fourth-order valence-corrected chi connectivity index (χ4v) is 2.50. The average molecular weight is 234 g/mol. The largest absolute Gasteiger partial charge is 0.384 e. The zero-order valence-electron chi connectivity index (χ0n) is 8.97. The van der Waals surface area contributed by atoms with E-state index in [-0.39, 0.29) is 0 Å². The van der Waals surface area contributed by atoms with Crippen LogP contribution < -0.4 is 5.32 Å². The van der Waals surface area contributed by atoms with Crippen molar-refractivity contribution in [3.63, 3.8) is 0 Å². The Hall–Kier alpha value is -1.48. The van der Waals surface area contributed by atoms with Crippen molar-refractivity contribution in [2.45, 2.75) is 13.3 Å². The van der Waals surface area contributed by atoms with Crippen LogP contribution in [0.5, 0.6) is 0 Å². The number of fused-ring (bicyclic) bond motifs is 3. The number of anilines is 1. The Morgan fingerprint density at radius 2 is 2.25 bits per heavy atom. The predicted molar refractivity (Wildman–Crippen MR) is 66.0 cm³/mol. The van der Waals surface area contributed by atoms with Gasteiger partial charge < -0.3 is 5.32 Å². The molecule has 16 heavy (non-hydrogen) atoms. The highest BCUT2D eigenvalue weighted by Gasteiger charge is 2.17. The highest BCUT2D eigenvalue weighted by molar-refractivity contribution is 6.31. The molecule has 0 radical (unpaired) electrons. The first kappa shape index (κ1) is 9.73. The Balaban J connectivity index is 2.31. The number of aromatic amines is 1. The van der Waals surface area contributed by atoms with E-state index < -0.39 is 0 Å². The van der Waals surface area contributed by atoms with E-state index in [9.17, 15) is 0 Å². The molecule has 2 heterocycles. The van der Waals surface area contributed by atoms with Crippen LogP contribution >= 0.6 is 11.6 Å². The van der Waals surface area contributed by atoms with Crippen molar-refractivity contribution < 1.29 is 0 Å². The van der Waals surface area contributed by atoms with Crippen LogP contribution in [0.1, 0.15) is 11.1 Å². The lowest BCUT2D eigenvalue weighted by Gasteiger charge is -2.11. The van der Waals surface area contributed by atoms with Crippen molar-refractivity contribution in [2.75, 3.05) is 11.9 Å². The van der Waals surface area contributed by atoms with Crippen molar-refractivity contribution in [3.8, 4) is 11.3 Å². The molecule has 0 saturated heterocycles. The SMILES string of the molecule is Cc1cc(Cl)cc2c1NCCc1cn[nH]c1-2. The molecule has 1 aliphatic rings. The minimum absolute atomic E-state index is 0.764. The number of hydrogen-bond acceptors (Lipinski definition) is 2. The minimum atomic E-state index is 0.764. The first-order valence-corrected chi connectivity index (χ1v) is 5.70. The molecule has 1 aromatic heterocycles. The summed E-state index contributed by atoms with van der Waals surface area (Å²) in [5.74, 6) is 0. The quantitative estimate of drug-likeness (QED) is 0.735. The fourth-order valence-electron chi connectivity index (χ4n) is 2.23. The third kappa shape index (κ3) is 1.39. The molecule has 0 saturated carbocycles. The highest BCUT2D eigenvalue weighted by atomic mass is 35.5. The Morgan fingerprint density at radius 3 is 3.12 bits per heavy atom. The second kappa shape index (κ2) is 3.52. The number of rotatable bonds is 0. The normalized spacial score (nSPS) is 13.6. The Labute approximate surface area is 98.8 Å². The number of benzene rings is 1. The summed E-state index contributed by atoms with van der Waals surface area (Å²) in [5, 5.41) is 11.4. The van der Waals surface area contributed by atoms with Crippen LogP contribution in [0.4, 0.5) is 5.69 Å². The van der Waals surface area contributed by atoms with Crippen LogP contribution in [0.25, 0.3) is 11.3 Å². The average Bonchev–Trinajstić information content (AvgIpc) is 2.62. The van der Waals surface area contributed by atoms with Gasteiger partial charge >= 0.3 is 0 Å². The Bertz CT molecular complexity index is 545. The van der Waals surface area contributed by atoms with Crippen LogP contribution in [0.15, 0.2) is 18.3 Å². The molecule has 2 N–H and O–H groups in total. The van der Waals surface area contributed by atoms with Gasteiger partial charge in [-0.25, -0.2) is 0 Å². The molecule has 3 nitrogen and oxygen atoms in total. The maximum absolute atomic E-state index is 6.11. The lowest BCUT2D eigenvalue weighted by atomic mass is 10.0. The number of nitrogens with zero attached hydrogens (tertiary/aromatic N) is 1. The third-order valence-electron chi connectivity index (χ3n) is 2.98. The van der Waals surface area contributed by atoms with Crippen LogP contribution in [-0.4, -0.2) is 16.7 Å². The lowest BCUT2D eigenvalue weighted by Crippen LogP contribution is -2.03. The summed E-state index contributed by atoms with van der Waals surface area (Å²) in [5.41, 5.74) is 5.78. The van der Waals surface area contributed by atoms with Gasteiger partial charge in [0, 0.05) is 22.8 Å². The van der Waals surface area contributed by atoms with Crippen molar-refractivity contribution in [1.82, 2.24) is 10.2 Å². The third-order valence-corrected chi connectivity index (χ3v) is 3.20. The molecule has 0 amide bonds. The molecular weight excluding hydrogens is 222 g/mol. The minimum Gasteiger partial charge on any atom is -0.384 e. The molecule has 0 aliphatic carbocycles. The highest BCUT2D eigenvalue weighted by Crippen LogP contribution is 2.36. The van der Waals surface area contributed by atoms with Gasteiger partial charge in [-0.2, -0.15) is 5.10 Å². The van der Waals surface area contributed by atoms with E-state index in [0.717, 1.165) is 34.9 Å². The molecule has 0 atom stereocenters. The van der Waals surface area contributed by atoms with Crippen molar-refractivity contribution in [1.29, 1.82) is 0 Å². The van der Waals surface area contributed by atoms with E-state index in [0.29, 0.717) is 0 Å². The van der Waals surface area contributed by atoms with Gasteiger partial charge in [0.15, 0.2) is 0 Å². The maximum Gasteiger partial charge on any atom is 0.0704 e. The zero-order valence-corrected chi connectivity index (χ0v) is 9.73. The molecular formula is C12H12ClN3. The zero-order chi connectivity index (χ0) is 11.1. The van der Waals surface area contributed by atoms with Crippen LogP contribution in [0.2, 0.25) is 5.02 Å². The van der Waals surface area contributed by atoms with Crippen LogP contribution in [0.3, 0.4) is 0 Å². The lowest BCUT2D eigenvalue weighted by molar-refractivity contribution is 1.03. The predicted octanol–water partition coefficient (Wildman–Crippen LogP) is 3.01. The summed E-state index contributed by atoms with van der Waals surface area (Å²) in [6, 6.07) is 3.97. The van der Waals surface area contributed by atoms with Gasteiger partial charge in [-0.15, -0.1) is 0 Å². The number of hydrogen-bond donors (Lipinski definition) is 2. The van der Waals surface area contributed by atoms with Crippen molar-refractivity contribution >= 4 is 17.3 Å². The van der Waals surface area contributed by atoms with Gasteiger partial charge in [-0.1, -0.05) is 11.6 Å². The number of nitrogens with one attached hydrogen (secondary N) is 2. The van der Waals surface area contributed by atoms with Gasteiger partial charge in [0.1, 0.15) is 0 Å². The van der Waals surface area contributed by atoms with E-state index in [2.05, 4.69) is 22.4 Å². The van der Waals surface area contributed by atoms with Gasteiger partial charge in [0.2, 0.25) is 0 Å². The second-order valence-electron chi connectivity index (χ2n) is 4.09. The monoisotopic (exact) mass is 233 g/mol. The summed E-state index contributed by atoms with van der Waals surface area (Å²) < 4.78 is 0. The van der Waals surface area contributed by atoms with Gasteiger partial charge in [-0.05, 0) is 36.6 Å². The molecule has 4 heteroatoms. The first-order valence-electron chi connectivity index (χ1n) is 5.32. The molecule has 0 unspecified atom stereocenters. The molecule has 0 fully saturated rings. The fraction of sp³-hybridized carbons (Fsp3) is 0.250. The summed E-state index contributed by atoms with van der Waals surface area (Å²) in [4.78, 5) is 0. The number of H-pyrrole nitrogens is 1. The molecule has 2 aromatic rings. The molecule has 82 valence electrons. The molecule has 1 aromatic carbocycles. The molecule has 1 aliphatic heterocycles. The molecule has 0 bridgehead atoms. The first-order chi connectivity index (χ1) is 7.75. The number of aromatic nitrogens is 2. The maximum atomic E-state index is 6.11. The summed E-state index contributed by atoms with van der Waals surface area (Å²) in [7, 11) is 0. The van der Waals surface area contributed by atoms with E-state index in [1.165, 1.54) is 11.1 Å². The van der Waals surface area contributed by atoms with Crippen LogP contribution in [0, 0.1) is 6.92 Å². The molecule has 0 spiro atoms. The topological polar surface area (TPSA) is 40.7 Å². The number of aryl methyl sites for hydroxylation is 1. The van der Waals surface area contributed by atoms with Gasteiger partial charge in [-0.3, -0.25) is 5.10 Å². The smallest absolute Gasteiger partial charge is 0.0704 e. The second-order valence-corrected chi connectivity index (χ2v) is 4.53. The Morgan fingerprint density at radius 1 is 1.38 bits per heavy atom. The standard InChI is InChI=1S/C12H12ClN3/c1-7-4-9(13)5-10-11(7)14-3-2-8-6-15-16-12(8)10/h4-6,14H,2-3H2,1H3,(H,15,16). The van der Waals surface area contributed by atoms with Crippen molar-refractivity contribution in [2.24, 2.45) is 0 Å². The van der Waals surface area contributed by atoms with Gasteiger partial charge in [0.05, 0.1) is 11.9 Å². The van der Waals surface area contributed by atoms with Crippen molar-refractivity contribution in [3.05, 3.63) is 34.5 Å². The summed E-state index contributed by atoms with van der Waals surface area (Å²) in [6.07, 6.45) is 2.87. The summed E-state index contributed by atoms with van der Waals surface area (Å²) >= 11 is 6.11. The van der Waals surface area contributed by atoms with E-state index in [4.69, 9.17) is 11.6 Å². The van der Waals surface area contributed by atoms with Gasteiger partial charge in [0.25, 0.3) is 0 Å². The van der Waals surface area contributed by atoms with E-state index in [1.54, 1.807) is 0 Å². The van der Waals surface area contributed by atoms with E-state index in [1.807, 2.05) is 18.3 Å².